The van der Waals surface area contributed by atoms with Crippen LogP contribution in [0.1, 0.15) is 48.9 Å². The second-order valence-electron chi connectivity index (χ2n) is 7.23. The molecular weight excluding hydrogens is 311 g/mol. The molecule has 1 saturated heterocycles. The first-order chi connectivity index (χ1) is 11.8. The van der Waals surface area contributed by atoms with Crippen LogP contribution in [0.25, 0.3) is 0 Å². The third-order valence-corrected chi connectivity index (χ3v) is 4.28. The summed E-state index contributed by atoms with van der Waals surface area (Å²) in [4.78, 5) is 0. The number of hydrogen-bond donors (Lipinski definition) is 0. The summed E-state index contributed by atoms with van der Waals surface area (Å²) in [6.45, 7) is 13.2. The highest BCUT2D eigenvalue weighted by molar-refractivity contribution is 5.21. The molecule has 1 aliphatic rings. The molecule has 0 saturated carbocycles. The highest BCUT2D eigenvalue weighted by atomic mass is 19.1. The molecule has 2 aromatic carbocycles. The second kappa shape index (κ2) is 11.0. The summed E-state index contributed by atoms with van der Waals surface area (Å²) in [5, 5.41) is 0. The number of halogens is 1. The third-order valence-electron chi connectivity index (χ3n) is 4.28. The maximum atomic E-state index is 12.6. The van der Waals surface area contributed by atoms with Crippen molar-refractivity contribution in [2.24, 2.45) is 5.92 Å². The first-order valence-electron chi connectivity index (χ1n) is 9.15. The molecule has 25 heavy (non-hydrogen) atoms. The van der Waals surface area contributed by atoms with Crippen LogP contribution in [0.15, 0.2) is 42.5 Å². The monoisotopic (exact) mass is 344 g/mol. The van der Waals surface area contributed by atoms with Gasteiger partial charge in [0.2, 0.25) is 0 Å². The van der Waals surface area contributed by atoms with E-state index in [1.165, 1.54) is 30.0 Å². The molecule has 0 amide bonds. The van der Waals surface area contributed by atoms with E-state index in [9.17, 15) is 4.39 Å². The van der Waals surface area contributed by atoms with Gasteiger partial charge >= 0.3 is 0 Å². The average molecular weight is 345 g/mol. The lowest BCUT2D eigenvalue weighted by Gasteiger charge is -2.23. The Morgan fingerprint density at radius 3 is 1.68 bits per heavy atom. The molecule has 0 bridgehead atoms. The van der Waals surface area contributed by atoms with E-state index in [0.29, 0.717) is 11.7 Å². The van der Waals surface area contributed by atoms with Crippen molar-refractivity contribution in [1.82, 2.24) is 0 Å². The second-order valence-corrected chi connectivity index (χ2v) is 7.23. The molecule has 0 aromatic heterocycles. The molecule has 2 heteroatoms. The van der Waals surface area contributed by atoms with Crippen molar-refractivity contribution in [1.29, 1.82) is 0 Å². The van der Waals surface area contributed by atoms with Gasteiger partial charge in [0.05, 0.1) is 6.10 Å². The summed E-state index contributed by atoms with van der Waals surface area (Å²) in [6.07, 6.45) is 3.12. The Labute approximate surface area is 153 Å². The Balaban J connectivity index is 0.000000188. The van der Waals surface area contributed by atoms with Gasteiger partial charge in [0.25, 0.3) is 0 Å². The lowest BCUT2D eigenvalue weighted by Crippen LogP contribution is -2.21. The summed E-state index contributed by atoms with van der Waals surface area (Å²) >= 11 is 0. The summed E-state index contributed by atoms with van der Waals surface area (Å²) in [6, 6.07) is 13.7. The van der Waals surface area contributed by atoms with Gasteiger partial charge in [0.1, 0.15) is 5.82 Å². The first kappa shape index (κ1) is 21.4. The van der Waals surface area contributed by atoms with Crippen LogP contribution in [0.3, 0.4) is 0 Å². The van der Waals surface area contributed by atoms with Crippen LogP contribution in [0.5, 0.6) is 0 Å². The minimum atomic E-state index is -0.116. The normalized spacial score (nSPS) is 19.2. The van der Waals surface area contributed by atoms with Crippen LogP contribution in [-0.4, -0.2) is 12.7 Å². The molecule has 138 valence electrons. The third kappa shape index (κ3) is 9.40. The van der Waals surface area contributed by atoms with Crippen LogP contribution >= 0.6 is 0 Å². The molecule has 0 aliphatic carbocycles. The number of hydrogen-bond acceptors (Lipinski definition) is 1. The van der Waals surface area contributed by atoms with E-state index in [1.54, 1.807) is 13.0 Å². The lowest BCUT2D eigenvalue weighted by molar-refractivity contribution is 0.000267. The predicted octanol–water partition coefficient (Wildman–Crippen LogP) is 6.57. The zero-order valence-corrected chi connectivity index (χ0v) is 16.6. The van der Waals surface area contributed by atoms with Crippen molar-refractivity contribution >= 4 is 0 Å². The predicted molar refractivity (Wildman–Crippen MR) is 106 cm³/mol. The minimum absolute atomic E-state index is 0.116. The molecule has 1 nitrogen and oxygen atoms in total. The molecule has 2 atom stereocenters. The maximum absolute atomic E-state index is 12.6. The van der Waals surface area contributed by atoms with Crippen molar-refractivity contribution in [3.63, 3.8) is 0 Å². The molecule has 1 heterocycles. The Bertz CT molecular complexity index is 579. The fourth-order valence-electron chi connectivity index (χ4n) is 2.35. The van der Waals surface area contributed by atoms with Crippen LogP contribution in [0, 0.1) is 39.4 Å². The zero-order chi connectivity index (χ0) is 18.8. The van der Waals surface area contributed by atoms with Crippen LogP contribution < -0.4 is 0 Å². The first-order valence-corrected chi connectivity index (χ1v) is 9.15. The number of benzene rings is 2. The highest BCUT2D eigenvalue weighted by Gasteiger charge is 2.13. The van der Waals surface area contributed by atoms with Gasteiger partial charge in [-0.1, -0.05) is 54.4 Å². The van der Waals surface area contributed by atoms with E-state index in [1.807, 2.05) is 13.0 Å². The van der Waals surface area contributed by atoms with Gasteiger partial charge < -0.3 is 4.74 Å². The molecule has 1 aliphatic heterocycles. The van der Waals surface area contributed by atoms with Gasteiger partial charge in [0, 0.05) is 6.61 Å². The van der Waals surface area contributed by atoms with Crippen molar-refractivity contribution < 1.29 is 9.13 Å². The minimum Gasteiger partial charge on any atom is -0.378 e. The average Bonchev–Trinajstić information content (AvgIpc) is 2.58. The van der Waals surface area contributed by atoms with Gasteiger partial charge in [-0.2, -0.15) is 0 Å². The fourth-order valence-corrected chi connectivity index (χ4v) is 2.35. The lowest BCUT2D eigenvalue weighted by atomic mass is 10.0. The van der Waals surface area contributed by atoms with Crippen molar-refractivity contribution in [3.8, 4) is 0 Å². The van der Waals surface area contributed by atoms with Crippen molar-refractivity contribution in [2.45, 2.75) is 60.5 Å². The fraction of sp³-hybridized carbons (Fsp3) is 0.478. The van der Waals surface area contributed by atoms with Gasteiger partial charge in [-0.15, -0.1) is 0 Å². The quantitative estimate of drug-likeness (QED) is 0.525. The van der Waals surface area contributed by atoms with Crippen molar-refractivity contribution in [3.05, 3.63) is 70.5 Å². The van der Waals surface area contributed by atoms with E-state index in [4.69, 9.17) is 4.74 Å². The van der Waals surface area contributed by atoms with E-state index >= 15 is 0 Å². The van der Waals surface area contributed by atoms with Crippen LogP contribution in [0.4, 0.5) is 4.39 Å². The van der Waals surface area contributed by atoms with E-state index in [2.05, 4.69) is 52.0 Å². The summed E-state index contributed by atoms with van der Waals surface area (Å²) in [5.41, 5.74) is 4.34. The molecular formula is C23H33FO. The van der Waals surface area contributed by atoms with E-state index in [0.717, 1.165) is 18.1 Å². The van der Waals surface area contributed by atoms with Gasteiger partial charge in [-0.25, -0.2) is 4.39 Å². The Morgan fingerprint density at radius 1 is 0.800 bits per heavy atom. The van der Waals surface area contributed by atoms with E-state index in [-0.39, 0.29) is 5.82 Å². The molecule has 2 unspecified atom stereocenters. The molecule has 0 spiro atoms. The Morgan fingerprint density at radius 2 is 1.32 bits per heavy atom. The van der Waals surface area contributed by atoms with Gasteiger partial charge in [0.15, 0.2) is 0 Å². The number of ether oxygens (including phenoxy) is 1. The molecule has 3 rings (SSSR count). The van der Waals surface area contributed by atoms with Crippen LogP contribution in [0.2, 0.25) is 0 Å². The number of aryl methyl sites for hydroxylation is 4. The largest absolute Gasteiger partial charge is 0.378 e. The highest BCUT2D eigenvalue weighted by Crippen LogP contribution is 2.16. The standard InChI is InChI=1S/C8H9F.C8H10.C7H14O/c1-6-3-4-7(2)8(9)5-6;1-7-3-5-8(2)6-4-7;1-6-3-4-7(2)8-5-6/h3-5H,1-2H3;3-6H,1-2H3;6-7H,3-5H2,1-2H3. The summed E-state index contributed by atoms with van der Waals surface area (Å²) in [7, 11) is 0. The topological polar surface area (TPSA) is 9.23 Å². The Hall–Kier alpha value is -1.67. The van der Waals surface area contributed by atoms with Gasteiger partial charge in [-0.05, 0) is 70.6 Å². The molecule has 0 N–H and O–H groups in total. The molecule has 1 fully saturated rings. The van der Waals surface area contributed by atoms with Crippen molar-refractivity contribution in [2.75, 3.05) is 6.61 Å². The van der Waals surface area contributed by atoms with Gasteiger partial charge in [-0.3, -0.25) is 0 Å². The summed E-state index contributed by atoms with van der Waals surface area (Å²) in [5.74, 6) is 0.682. The Kier molecular flexibility index (Phi) is 9.44. The smallest absolute Gasteiger partial charge is 0.126 e. The van der Waals surface area contributed by atoms with Crippen LogP contribution in [-0.2, 0) is 4.74 Å². The maximum Gasteiger partial charge on any atom is 0.126 e. The summed E-state index contributed by atoms with van der Waals surface area (Å²) < 4.78 is 18.0. The number of rotatable bonds is 0. The molecule has 2 aromatic rings. The molecule has 0 radical (unpaired) electrons. The zero-order valence-electron chi connectivity index (χ0n) is 16.6. The van der Waals surface area contributed by atoms with E-state index < -0.39 is 0 Å². The SMILES string of the molecule is CC1CCC(C)OC1.Cc1ccc(C)c(F)c1.Cc1ccc(C)cc1.